The third-order valence-electron chi connectivity index (χ3n) is 5.37. The second-order valence-corrected chi connectivity index (χ2v) is 8.05. The highest BCUT2D eigenvalue weighted by Crippen LogP contribution is 2.14. The number of carbonyl (C=O) groups is 1. The van der Waals surface area contributed by atoms with Crippen molar-refractivity contribution in [3.63, 3.8) is 0 Å². The molecule has 6 nitrogen and oxygen atoms in total. The van der Waals surface area contributed by atoms with Gasteiger partial charge in [-0.15, -0.1) is 0 Å². The van der Waals surface area contributed by atoms with Gasteiger partial charge in [0.2, 0.25) is 5.91 Å². The van der Waals surface area contributed by atoms with E-state index in [0.29, 0.717) is 6.54 Å². The molecule has 0 spiro atoms. The van der Waals surface area contributed by atoms with Crippen LogP contribution in [-0.2, 0) is 24.3 Å². The Kier molecular flexibility index (Phi) is 8.91. The molecule has 1 aliphatic heterocycles. The van der Waals surface area contributed by atoms with E-state index in [2.05, 4.69) is 52.0 Å². The van der Waals surface area contributed by atoms with Crippen LogP contribution in [0.15, 0.2) is 53.5 Å². The molecule has 1 fully saturated rings. The summed E-state index contributed by atoms with van der Waals surface area (Å²) in [4.78, 5) is 18.4. The third-order valence-corrected chi connectivity index (χ3v) is 5.37. The smallest absolute Gasteiger partial charge is 0.221 e. The van der Waals surface area contributed by atoms with E-state index in [-0.39, 0.29) is 5.91 Å². The van der Waals surface area contributed by atoms with Crippen LogP contribution in [0.25, 0.3) is 0 Å². The molecule has 2 aromatic carbocycles. The van der Waals surface area contributed by atoms with Gasteiger partial charge in [-0.2, -0.15) is 0 Å². The number of hydrogen-bond donors (Lipinski definition) is 3. The molecule has 0 saturated carbocycles. The summed E-state index contributed by atoms with van der Waals surface area (Å²) in [6, 6.07) is 16.8. The first-order valence-corrected chi connectivity index (χ1v) is 11.3. The molecule has 0 bridgehead atoms. The number of benzene rings is 2. The van der Waals surface area contributed by atoms with Crippen molar-refractivity contribution in [2.45, 2.75) is 46.2 Å². The number of hydrogen-bond acceptors (Lipinski definition) is 3. The van der Waals surface area contributed by atoms with E-state index in [0.717, 1.165) is 37.7 Å². The summed E-state index contributed by atoms with van der Waals surface area (Å²) in [6.07, 6.45) is 3.54. The molecule has 0 atom stereocenters. The molecule has 1 saturated heterocycles. The summed E-state index contributed by atoms with van der Waals surface area (Å²) in [6.45, 7) is 9.37. The van der Waals surface area contributed by atoms with Crippen LogP contribution in [-0.4, -0.2) is 42.9 Å². The predicted molar refractivity (Wildman–Crippen MR) is 128 cm³/mol. The average molecular weight is 422 g/mol. The molecule has 0 aliphatic carbocycles. The molecule has 6 heteroatoms. The molecule has 1 aliphatic rings. The van der Waals surface area contributed by atoms with Crippen molar-refractivity contribution in [3.8, 4) is 0 Å². The number of likely N-dealkylation sites (tertiary alicyclic amines) is 1. The number of guanidine groups is 1. The number of amides is 1. The maximum absolute atomic E-state index is 11.1. The zero-order valence-electron chi connectivity index (χ0n) is 18.8. The van der Waals surface area contributed by atoms with Gasteiger partial charge < -0.3 is 16.0 Å². The van der Waals surface area contributed by atoms with E-state index in [1.807, 2.05) is 24.3 Å². The summed E-state index contributed by atoms with van der Waals surface area (Å²) < 4.78 is 0. The van der Waals surface area contributed by atoms with Crippen molar-refractivity contribution in [1.82, 2.24) is 15.5 Å². The van der Waals surface area contributed by atoms with Gasteiger partial charge in [0.1, 0.15) is 0 Å². The number of aliphatic imine (C=N–C) groups is 1. The molecule has 31 heavy (non-hydrogen) atoms. The molecular formula is C25H35N5O. The first-order valence-electron chi connectivity index (χ1n) is 11.3. The highest BCUT2D eigenvalue weighted by Gasteiger charge is 2.11. The molecule has 1 heterocycles. The number of anilines is 1. The van der Waals surface area contributed by atoms with Crippen LogP contribution in [0, 0.1) is 0 Å². The van der Waals surface area contributed by atoms with Crippen molar-refractivity contribution in [2.24, 2.45) is 4.99 Å². The molecule has 3 rings (SSSR count). The molecular weight excluding hydrogens is 386 g/mol. The second-order valence-electron chi connectivity index (χ2n) is 8.05. The van der Waals surface area contributed by atoms with Crippen molar-refractivity contribution in [2.75, 3.05) is 31.5 Å². The zero-order chi connectivity index (χ0) is 21.9. The second kappa shape index (κ2) is 12.1. The number of carbonyl (C=O) groups excluding carboxylic acids is 1. The molecule has 0 unspecified atom stereocenters. The van der Waals surface area contributed by atoms with E-state index in [1.54, 1.807) is 0 Å². The minimum absolute atomic E-state index is 0.0536. The Bertz CT molecular complexity index is 839. The highest BCUT2D eigenvalue weighted by molar-refractivity contribution is 5.88. The minimum Gasteiger partial charge on any atom is -0.357 e. The Labute approximate surface area is 186 Å². The summed E-state index contributed by atoms with van der Waals surface area (Å²) in [5.74, 6) is 0.778. The first kappa shape index (κ1) is 22.8. The van der Waals surface area contributed by atoms with Crippen LogP contribution in [0.3, 0.4) is 0 Å². The zero-order valence-corrected chi connectivity index (χ0v) is 18.8. The summed E-state index contributed by atoms with van der Waals surface area (Å²) in [5, 5.41) is 9.51. The van der Waals surface area contributed by atoms with Gasteiger partial charge in [-0.05, 0) is 68.1 Å². The number of rotatable bonds is 9. The van der Waals surface area contributed by atoms with E-state index in [9.17, 15) is 4.79 Å². The lowest BCUT2D eigenvalue weighted by molar-refractivity contribution is -0.114. The summed E-state index contributed by atoms with van der Waals surface area (Å²) in [5.41, 5.74) is 4.64. The Morgan fingerprint density at radius 3 is 2.23 bits per heavy atom. The van der Waals surface area contributed by atoms with Gasteiger partial charge in [-0.25, -0.2) is 4.99 Å². The van der Waals surface area contributed by atoms with E-state index in [4.69, 9.17) is 4.99 Å². The maximum atomic E-state index is 11.1. The van der Waals surface area contributed by atoms with Crippen molar-refractivity contribution >= 4 is 17.6 Å². The lowest BCUT2D eigenvalue weighted by Gasteiger charge is -2.14. The van der Waals surface area contributed by atoms with Gasteiger partial charge in [-0.3, -0.25) is 9.69 Å². The Morgan fingerprint density at radius 1 is 0.935 bits per heavy atom. The Hall–Kier alpha value is -2.86. The fourth-order valence-electron chi connectivity index (χ4n) is 3.74. The lowest BCUT2D eigenvalue weighted by atomic mass is 10.1. The van der Waals surface area contributed by atoms with Crippen LogP contribution in [0.1, 0.15) is 43.4 Å². The van der Waals surface area contributed by atoms with Crippen LogP contribution >= 0.6 is 0 Å². The SMILES string of the molecule is CCNC(=NCc1ccc(CN2CCCC2)cc1)NCCc1ccc(NC(C)=O)cc1. The fourth-order valence-corrected chi connectivity index (χ4v) is 3.74. The molecule has 0 aromatic heterocycles. The van der Waals surface area contributed by atoms with Crippen LogP contribution in [0.2, 0.25) is 0 Å². The summed E-state index contributed by atoms with van der Waals surface area (Å²) in [7, 11) is 0. The predicted octanol–water partition coefficient (Wildman–Crippen LogP) is 3.54. The van der Waals surface area contributed by atoms with E-state index >= 15 is 0 Å². The maximum Gasteiger partial charge on any atom is 0.221 e. The lowest BCUT2D eigenvalue weighted by Crippen LogP contribution is -2.38. The summed E-state index contributed by atoms with van der Waals surface area (Å²) >= 11 is 0. The van der Waals surface area contributed by atoms with Crippen LogP contribution < -0.4 is 16.0 Å². The van der Waals surface area contributed by atoms with Gasteiger partial charge in [0.05, 0.1) is 6.54 Å². The van der Waals surface area contributed by atoms with Gasteiger partial charge in [0, 0.05) is 32.2 Å². The topological polar surface area (TPSA) is 68.8 Å². The molecule has 1 amide bonds. The average Bonchev–Trinajstić information content (AvgIpc) is 3.27. The first-order chi connectivity index (χ1) is 15.1. The van der Waals surface area contributed by atoms with Crippen molar-refractivity contribution in [3.05, 3.63) is 65.2 Å². The van der Waals surface area contributed by atoms with Gasteiger partial charge in [0.15, 0.2) is 5.96 Å². The highest BCUT2D eigenvalue weighted by atomic mass is 16.1. The number of nitrogens with one attached hydrogen (secondary N) is 3. The van der Waals surface area contributed by atoms with E-state index in [1.165, 1.54) is 49.5 Å². The third kappa shape index (κ3) is 8.06. The van der Waals surface area contributed by atoms with Crippen molar-refractivity contribution < 1.29 is 4.79 Å². The van der Waals surface area contributed by atoms with E-state index < -0.39 is 0 Å². The fraction of sp³-hybridized carbons (Fsp3) is 0.440. The monoisotopic (exact) mass is 421 g/mol. The quantitative estimate of drug-likeness (QED) is 0.428. The Morgan fingerprint density at radius 2 is 1.58 bits per heavy atom. The van der Waals surface area contributed by atoms with Crippen molar-refractivity contribution in [1.29, 1.82) is 0 Å². The van der Waals surface area contributed by atoms with Gasteiger partial charge in [0.25, 0.3) is 0 Å². The molecule has 0 radical (unpaired) electrons. The van der Waals surface area contributed by atoms with Gasteiger partial charge in [-0.1, -0.05) is 36.4 Å². The van der Waals surface area contributed by atoms with Crippen LogP contribution in [0.4, 0.5) is 5.69 Å². The molecule has 166 valence electrons. The molecule has 3 N–H and O–H groups in total. The molecule has 2 aromatic rings. The normalized spacial score (nSPS) is 14.5. The largest absolute Gasteiger partial charge is 0.357 e. The van der Waals surface area contributed by atoms with Crippen LogP contribution in [0.5, 0.6) is 0 Å². The van der Waals surface area contributed by atoms with Gasteiger partial charge >= 0.3 is 0 Å². The Balaban J connectivity index is 1.46. The minimum atomic E-state index is -0.0536. The standard InChI is InChI=1S/C25H35N5O/c1-3-26-25(27-15-14-21-10-12-24(13-11-21)29-20(2)31)28-18-22-6-8-23(9-7-22)19-30-16-4-5-17-30/h6-13H,3-5,14-19H2,1-2H3,(H,29,31)(H2,26,27,28). The number of nitrogens with zero attached hydrogens (tertiary/aromatic N) is 2.